The van der Waals surface area contributed by atoms with Gasteiger partial charge >= 0.3 is 0 Å². The summed E-state index contributed by atoms with van der Waals surface area (Å²) >= 11 is 1.22. The molecule has 0 unspecified atom stereocenters. The molecule has 0 spiro atoms. The molecule has 0 aromatic carbocycles. The molecule has 70 valence electrons. The van der Waals surface area contributed by atoms with Crippen molar-refractivity contribution in [3.8, 4) is 0 Å². The summed E-state index contributed by atoms with van der Waals surface area (Å²) in [7, 11) is 3.83. The Morgan fingerprint density at radius 1 is 1.54 bits per heavy atom. The Hall–Kier alpha value is -1.23. The minimum atomic E-state index is -0.0489. The average molecular weight is 197 g/mol. The quantitative estimate of drug-likeness (QED) is 0.685. The van der Waals surface area contributed by atoms with Crippen LogP contribution in [-0.2, 0) is 0 Å². The lowest BCUT2D eigenvalue weighted by atomic mass is 10.3. The van der Waals surface area contributed by atoms with Crippen molar-refractivity contribution >= 4 is 23.4 Å². The highest BCUT2D eigenvalue weighted by atomic mass is 32.1. The highest BCUT2D eigenvalue weighted by molar-refractivity contribution is 7.06. The van der Waals surface area contributed by atoms with E-state index in [4.69, 9.17) is 0 Å². The molecule has 13 heavy (non-hydrogen) atoms. The van der Waals surface area contributed by atoms with E-state index in [1.807, 2.05) is 31.3 Å². The maximum absolute atomic E-state index is 11.0. The van der Waals surface area contributed by atoms with E-state index < -0.39 is 0 Å². The van der Waals surface area contributed by atoms with Crippen LogP contribution in [0, 0.1) is 0 Å². The van der Waals surface area contributed by atoms with E-state index >= 15 is 0 Å². The zero-order valence-corrected chi connectivity index (χ0v) is 8.63. The number of hydrogen-bond acceptors (Lipinski definition) is 5. The van der Waals surface area contributed by atoms with Gasteiger partial charge in [0.1, 0.15) is 5.69 Å². The number of rotatable bonds is 3. The van der Waals surface area contributed by atoms with Gasteiger partial charge in [0.15, 0.2) is 5.78 Å². The predicted molar refractivity (Wildman–Crippen MR) is 52.6 cm³/mol. The molecule has 0 bridgehead atoms. The van der Waals surface area contributed by atoms with E-state index in [2.05, 4.69) is 9.59 Å². The van der Waals surface area contributed by atoms with Gasteiger partial charge < -0.3 is 4.90 Å². The van der Waals surface area contributed by atoms with Gasteiger partial charge in [-0.2, -0.15) is 0 Å². The predicted octanol–water partition coefficient (Wildman–Crippen LogP) is 1.27. The average Bonchev–Trinajstić information content (AvgIpc) is 2.47. The number of carbonyl (C=O) groups is 1. The number of ketones is 1. The topological polar surface area (TPSA) is 46.1 Å². The van der Waals surface area contributed by atoms with Gasteiger partial charge in [-0.15, -0.1) is 5.10 Å². The number of Topliss-reactive ketones (excluding diaryl/α,β-unsaturated/α-hetero) is 1. The molecule has 4 nitrogen and oxygen atoms in total. The third kappa shape index (κ3) is 2.62. The molecule has 0 saturated heterocycles. The van der Waals surface area contributed by atoms with Crippen molar-refractivity contribution < 1.29 is 4.79 Å². The lowest BCUT2D eigenvalue weighted by Gasteiger charge is -2.01. The second-order valence-corrected chi connectivity index (χ2v) is 3.61. The number of carbonyl (C=O) groups excluding carboxylic acids is 1. The van der Waals surface area contributed by atoms with Gasteiger partial charge in [0.2, 0.25) is 0 Å². The molecule has 5 heteroatoms. The molecule has 1 aromatic rings. The zero-order valence-electron chi connectivity index (χ0n) is 7.81. The molecule has 1 aromatic heterocycles. The first-order chi connectivity index (χ1) is 6.11. The van der Waals surface area contributed by atoms with Crippen LogP contribution in [0.3, 0.4) is 0 Å². The molecule has 0 aliphatic heterocycles. The summed E-state index contributed by atoms with van der Waals surface area (Å²) in [6, 6.07) is 0. The first-order valence-corrected chi connectivity index (χ1v) is 4.56. The van der Waals surface area contributed by atoms with E-state index in [0.29, 0.717) is 5.69 Å². The van der Waals surface area contributed by atoms with Gasteiger partial charge in [-0.25, -0.2) is 0 Å². The maximum Gasteiger partial charge on any atom is 0.181 e. The Kier molecular flexibility index (Phi) is 3.13. The van der Waals surface area contributed by atoms with Gasteiger partial charge in [0.05, 0.1) is 4.88 Å². The minimum absolute atomic E-state index is 0.0489. The van der Waals surface area contributed by atoms with Crippen LogP contribution in [0.15, 0.2) is 6.20 Å². The van der Waals surface area contributed by atoms with Crippen LogP contribution in [0.4, 0.5) is 0 Å². The van der Waals surface area contributed by atoms with E-state index in [1.54, 1.807) is 0 Å². The maximum atomic E-state index is 11.0. The Morgan fingerprint density at radius 2 is 2.23 bits per heavy atom. The Labute approximate surface area is 81.0 Å². The van der Waals surface area contributed by atoms with E-state index in [9.17, 15) is 4.79 Å². The lowest BCUT2D eigenvalue weighted by molar-refractivity contribution is 0.101. The molecule has 0 N–H and O–H groups in total. The second-order valence-electron chi connectivity index (χ2n) is 2.82. The smallest absolute Gasteiger partial charge is 0.181 e. The monoisotopic (exact) mass is 197 g/mol. The summed E-state index contributed by atoms with van der Waals surface area (Å²) in [4.78, 5) is 13.7. The molecule has 0 saturated carbocycles. The Morgan fingerprint density at radius 3 is 2.77 bits per heavy atom. The van der Waals surface area contributed by atoms with Crippen molar-refractivity contribution in [2.24, 2.45) is 0 Å². The highest BCUT2D eigenvalue weighted by Crippen LogP contribution is 2.12. The lowest BCUT2D eigenvalue weighted by Crippen LogP contribution is -2.00. The van der Waals surface area contributed by atoms with Crippen LogP contribution >= 0.6 is 11.5 Å². The third-order valence-electron chi connectivity index (χ3n) is 1.37. The molecule has 0 aliphatic rings. The third-order valence-corrected chi connectivity index (χ3v) is 2.06. The molecule has 0 aliphatic carbocycles. The van der Waals surface area contributed by atoms with Crippen molar-refractivity contribution in [1.82, 2.24) is 14.5 Å². The fourth-order valence-corrected chi connectivity index (χ4v) is 1.37. The van der Waals surface area contributed by atoms with Crippen molar-refractivity contribution in [2.75, 3.05) is 14.1 Å². The van der Waals surface area contributed by atoms with Crippen LogP contribution in [0.5, 0.6) is 0 Å². The van der Waals surface area contributed by atoms with Crippen LogP contribution in [-0.4, -0.2) is 34.4 Å². The van der Waals surface area contributed by atoms with Gasteiger partial charge in [-0.1, -0.05) is 4.49 Å². The van der Waals surface area contributed by atoms with Gasteiger partial charge in [-0.05, 0) is 17.6 Å². The molecular weight excluding hydrogens is 186 g/mol. The minimum Gasteiger partial charge on any atom is -0.383 e. The molecule has 0 atom stereocenters. The van der Waals surface area contributed by atoms with Crippen molar-refractivity contribution in [1.29, 1.82) is 0 Å². The van der Waals surface area contributed by atoms with E-state index in [-0.39, 0.29) is 5.78 Å². The first kappa shape index (κ1) is 9.85. The fourth-order valence-electron chi connectivity index (χ4n) is 0.768. The van der Waals surface area contributed by atoms with E-state index in [1.165, 1.54) is 18.5 Å². The molecule has 0 amide bonds. The largest absolute Gasteiger partial charge is 0.383 e. The molecular formula is C8H11N3OS. The summed E-state index contributed by atoms with van der Waals surface area (Å²) < 4.78 is 3.72. The van der Waals surface area contributed by atoms with Crippen LogP contribution < -0.4 is 0 Å². The summed E-state index contributed by atoms with van der Waals surface area (Å²) in [5, 5.41) is 3.74. The SMILES string of the molecule is CC(=O)c1nnsc1C=CN(C)C. The van der Waals surface area contributed by atoms with Gasteiger partial charge in [-0.3, -0.25) is 4.79 Å². The first-order valence-electron chi connectivity index (χ1n) is 3.79. The van der Waals surface area contributed by atoms with Crippen LogP contribution in [0.25, 0.3) is 6.08 Å². The Bertz CT molecular complexity index is 330. The summed E-state index contributed by atoms with van der Waals surface area (Å²) in [6.07, 6.45) is 3.70. The summed E-state index contributed by atoms with van der Waals surface area (Å²) in [5.41, 5.74) is 0.447. The summed E-state index contributed by atoms with van der Waals surface area (Å²) in [6.45, 7) is 1.49. The van der Waals surface area contributed by atoms with Crippen molar-refractivity contribution in [3.63, 3.8) is 0 Å². The summed E-state index contributed by atoms with van der Waals surface area (Å²) in [5.74, 6) is -0.0489. The molecule has 0 radical (unpaired) electrons. The van der Waals surface area contributed by atoms with Gasteiger partial charge in [0, 0.05) is 27.2 Å². The molecule has 1 rings (SSSR count). The fraction of sp³-hybridized carbons (Fsp3) is 0.375. The highest BCUT2D eigenvalue weighted by Gasteiger charge is 2.08. The van der Waals surface area contributed by atoms with Crippen LogP contribution in [0.1, 0.15) is 22.3 Å². The number of nitrogens with zero attached hydrogens (tertiary/aromatic N) is 3. The Balaban J connectivity index is 2.88. The number of hydrogen-bond donors (Lipinski definition) is 0. The van der Waals surface area contributed by atoms with E-state index in [0.717, 1.165) is 4.88 Å². The van der Waals surface area contributed by atoms with Gasteiger partial charge in [0.25, 0.3) is 0 Å². The van der Waals surface area contributed by atoms with Crippen molar-refractivity contribution in [3.05, 3.63) is 16.8 Å². The van der Waals surface area contributed by atoms with Crippen LogP contribution in [0.2, 0.25) is 0 Å². The standard InChI is InChI=1S/C8H11N3OS/c1-6(12)8-7(13-10-9-8)4-5-11(2)3/h4-5H,1-3H3. The molecule has 1 heterocycles. The second kappa shape index (κ2) is 4.13. The zero-order chi connectivity index (χ0) is 9.84. The number of aromatic nitrogens is 2. The normalized spacial score (nSPS) is 10.7. The van der Waals surface area contributed by atoms with Crippen molar-refractivity contribution in [2.45, 2.75) is 6.92 Å². The molecule has 0 fully saturated rings.